The third-order valence-corrected chi connectivity index (χ3v) is 8.58. The molecule has 12 unspecified atom stereocenters. The fourth-order valence-electron chi connectivity index (χ4n) is 5.64. The van der Waals surface area contributed by atoms with Crippen molar-refractivity contribution in [3.05, 3.63) is 64.7 Å². The highest BCUT2D eigenvalue weighted by Gasteiger charge is 2.51. The lowest BCUT2D eigenvalue weighted by Crippen LogP contribution is -2.61. The summed E-state index contributed by atoms with van der Waals surface area (Å²) < 4.78 is 44.0. The number of hydrogen-bond donors (Lipinski definition) is 8. The molecule has 0 radical (unpaired) electrons. The third kappa shape index (κ3) is 8.79. The van der Waals surface area contributed by atoms with Gasteiger partial charge in [-0.25, -0.2) is 4.57 Å². The van der Waals surface area contributed by atoms with E-state index < -0.39 is 81.8 Å². The maximum absolute atomic E-state index is 12.6. The van der Waals surface area contributed by atoms with Gasteiger partial charge in [-0.3, -0.25) is 4.79 Å². The van der Waals surface area contributed by atoms with Crippen LogP contribution in [0.2, 0.25) is 5.02 Å². The Balaban J connectivity index is 1.19. The molecule has 1 aliphatic carbocycles. The Morgan fingerprint density at radius 2 is 1.85 bits per heavy atom. The van der Waals surface area contributed by atoms with Crippen LogP contribution in [0.4, 0.5) is 0 Å². The summed E-state index contributed by atoms with van der Waals surface area (Å²) in [6.45, 7) is -1.49. The first-order valence-electron chi connectivity index (χ1n) is 14.8. The number of halogens is 1. The molecule has 1 saturated carbocycles. The number of nitrogens with one attached hydrogen (secondary N) is 2. The number of benzene rings is 2. The number of aliphatic hydroxyl groups excluding tert-OH is 5. The lowest BCUT2D eigenvalue weighted by molar-refractivity contribution is -0.214. The molecular weight excluding hydrogens is 679 g/mol. The van der Waals surface area contributed by atoms with E-state index in [1.807, 2.05) is 0 Å². The minimum Gasteiger partial charge on any atom is -0.458 e. The van der Waals surface area contributed by atoms with Crippen molar-refractivity contribution in [2.45, 2.75) is 87.1 Å². The zero-order valence-corrected chi connectivity index (χ0v) is 26.8. The van der Waals surface area contributed by atoms with Gasteiger partial charge in [0.05, 0.1) is 24.9 Å². The number of aliphatic hydroxyl groups is 5. The van der Waals surface area contributed by atoms with Gasteiger partial charge in [0.15, 0.2) is 11.5 Å². The van der Waals surface area contributed by atoms with Gasteiger partial charge >= 0.3 is 8.25 Å². The molecule has 262 valence electrons. The highest BCUT2D eigenvalue weighted by molar-refractivity contribution is 7.32. The van der Waals surface area contributed by atoms with Gasteiger partial charge in [0, 0.05) is 24.1 Å². The maximum atomic E-state index is 12.6. The van der Waals surface area contributed by atoms with Crippen LogP contribution in [0.25, 0.3) is 6.08 Å². The van der Waals surface area contributed by atoms with Gasteiger partial charge in [0.2, 0.25) is 12.2 Å². The summed E-state index contributed by atoms with van der Waals surface area (Å²) >= 11 is 6.00. The van der Waals surface area contributed by atoms with Crippen molar-refractivity contribution in [1.82, 2.24) is 5.32 Å². The van der Waals surface area contributed by atoms with Crippen LogP contribution >= 0.6 is 19.9 Å². The summed E-state index contributed by atoms with van der Waals surface area (Å²) in [5.41, 5.74) is 1.13. The summed E-state index contributed by atoms with van der Waals surface area (Å²) in [5, 5.41) is 62.6. The van der Waals surface area contributed by atoms with Gasteiger partial charge in [-0.05, 0) is 35.4 Å². The highest BCUT2D eigenvalue weighted by Crippen LogP contribution is 2.37. The Morgan fingerprint density at radius 1 is 1.06 bits per heavy atom. The Labute approximate surface area is 279 Å². The van der Waals surface area contributed by atoms with Crippen LogP contribution in [0.1, 0.15) is 24.0 Å². The average Bonchev–Trinajstić information content (AvgIpc) is 3.54. The SMILES string of the molecule is N=CC(OCc1cccc(Cl)c1)C1OC(Oc2ccc(/C=C/CC(=O)NC3C(O)CC4OC(O)OC4C3O)cc2O[PH](=O)O)C(O)C1O. The van der Waals surface area contributed by atoms with Gasteiger partial charge < -0.3 is 69.4 Å². The minimum absolute atomic E-state index is 0.0360. The van der Waals surface area contributed by atoms with E-state index in [2.05, 4.69) is 5.32 Å². The monoisotopic (exact) mass is 714 g/mol. The number of carbonyl (C=O) groups is 1. The van der Waals surface area contributed by atoms with Gasteiger partial charge in [0.25, 0.3) is 6.48 Å². The molecule has 5 rings (SSSR count). The van der Waals surface area contributed by atoms with E-state index in [-0.39, 0.29) is 30.9 Å². The molecule has 2 aromatic rings. The van der Waals surface area contributed by atoms with E-state index in [4.69, 9.17) is 45.2 Å². The number of fused-ring (bicyclic) bond motifs is 1. The fourth-order valence-corrected chi connectivity index (χ4v) is 6.20. The van der Waals surface area contributed by atoms with Crippen molar-refractivity contribution in [3.63, 3.8) is 0 Å². The molecule has 0 aromatic heterocycles. The first kappa shape index (κ1) is 36.3. The van der Waals surface area contributed by atoms with Crippen LogP contribution in [0.5, 0.6) is 11.5 Å². The topological polar surface area (TPSA) is 247 Å². The zero-order valence-electron chi connectivity index (χ0n) is 25.1. The molecule has 1 amide bonds. The minimum atomic E-state index is -3.53. The summed E-state index contributed by atoms with van der Waals surface area (Å²) in [4.78, 5) is 22.0. The van der Waals surface area contributed by atoms with Gasteiger partial charge in [-0.2, -0.15) is 0 Å². The molecule has 18 heteroatoms. The second-order valence-corrected chi connectivity index (χ2v) is 12.5. The summed E-state index contributed by atoms with van der Waals surface area (Å²) in [5.74, 6) is -0.849. The average molecular weight is 715 g/mol. The van der Waals surface area contributed by atoms with E-state index in [1.165, 1.54) is 30.4 Å². The van der Waals surface area contributed by atoms with Crippen LogP contribution in [0.3, 0.4) is 0 Å². The molecule has 2 aromatic carbocycles. The molecule has 48 heavy (non-hydrogen) atoms. The smallest absolute Gasteiger partial charge is 0.365 e. The third-order valence-electron chi connectivity index (χ3n) is 7.95. The molecule has 0 spiro atoms. The lowest BCUT2D eigenvalue weighted by Gasteiger charge is -2.38. The number of hydrogen-bond acceptors (Lipinski definition) is 14. The predicted octanol–water partition coefficient (Wildman–Crippen LogP) is 0.235. The fraction of sp³-hybridized carbons (Fsp3) is 0.467. The quantitative estimate of drug-likeness (QED) is 0.102. The number of amides is 1. The van der Waals surface area contributed by atoms with E-state index in [9.17, 15) is 39.8 Å². The summed E-state index contributed by atoms with van der Waals surface area (Å²) in [6.07, 6.45) is -7.20. The number of carbonyl (C=O) groups excluding carboxylic acids is 1. The molecule has 0 bridgehead atoms. The van der Waals surface area contributed by atoms with Gasteiger partial charge in [0.1, 0.15) is 36.6 Å². The Morgan fingerprint density at radius 3 is 2.58 bits per heavy atom. The summed E-state index contributed by atoms with van der Waals surface area (Å²) in [6, 6.07) is 10.0. The second-order valence-electron chi connectivity index (χ2n) is 11.3. The van der Waals surface area contributed by atoms with Crippen molar-refractivity contribution in [2.75, 3.05) is 0 Å². The van der Waals surface area contributed by atoms with Crippen molar-refractivity contribution in [2.24, 2.45) is 0 Å². The maximum Gasteiger partial charge on any atom is 0.365 e. The van der Waals surface area contributed by atoms with Crippen molar-refractivity contribution >= 4 is 38.1 Å². The molecule has 3 fully saturated rings. The first-order chi connectivity index (χ1) is 22.9. The highest BCUT2D eigenvalue weighted by atomic mass is 35.5. The lowest BCUT2D eigenvalue weighted by atomic mass is 9.85. The van der Waals surface area contributed by atoms with Gasteiger partial charge in [-0.15, -0.1) is 0 Å². The van der Waals surface area contributed by atoms with E-state index >= 15 is 0 Å². The van der Waals surface area contributed by atoms with Crippen LogP contribution < -0.4 is 14.6 Å². The van der Waals surface area contributed by atoms with Crippen LogP contribution in [-0.2, 0) is 34.9 Å². The summed E-state index contributed by atoms with van der Waals surface area (Å²) in [7, 11) is -3.53. The Hall–Kier alpha value is -2.96. The molecule has 12 atom stereocenters. The van der Waals surface area contributed by atoms with Crippen LogP contribution in [0, 0.1) is 5.41 Å². The van der Waals surface area contributed by atoms with E-state index in [0.29, 0.717) is 16.1 Å². The largest absolute Gasteiger partial charge is 0.458 e. The molecule has 2 saturated heterocycles. The zero-order chi connectivity index (χ0) is 34.5. The van der Waals surface area contributed by atoms with E-state index in [1.54, 1.807) is 24.3 Å². The van der Waals surface area contributed by atoms with Crippen LogP contribution in [0.15, 0.2) is 48.5 Å². The predicted molar refractivity (Wildman–Crippen MR) is 166 cm³/mol. The standard InChI is InChI=1S/C30H36ClN2O14P/c31-16-5-1-4-15(9-16)13-42-21(12-32)28-25(37)26(38)29(45-28)43-18-8-7-14(10-19(18)47-48(40)41)3-2-6-22(35)33-23-17(34)11-20-27(24(23)36)46-30(39)44-20/h1-5,7-10,12,17,20-21,23-30,32,34,36-39,48H,6,11,13H2,(H,33,35)(H,40,41)/b3-2+,32-12?. The van der Waals surface area contributed by atoms with E-state index in [0.717, 1.165) is 6.21 Å². The Bertz CT molecular complexity index is 1500. The normalized spacial score (nSPS) is 32.8. The number of ether oxygens (including phenoxy) is 5. The molecule has 2 heterocycles. The second kappa shape index (κ2) is 16.2. The molecular formula is C30H36ClN2O14P. The van der Waals surface area contributed by atoms with Gasteiger partial charge in [-0.1, -0.05) is 42.0 Å². The molecule has 2 aliphatic heterocycles. The molecule has 3 aliphatic rings. The van der Waals surface area contributed by atoms with Crippen LogP contribution in [-0.4, -0.2) is 110 Å². The molecule has 8 N–H and O–H groups in total. The van der Waals surface area contributed by atoms with Crippen molar-refractivity contribution in [3.8, 4) is 11.5 Å². The number of rotatable bonds is 13. The van der Waals surface area contributed by atoms with Crippen molar-refractivity contribution in [1.29, 1.82) is 5.41 Å². The van der Waals surface area contributed by atoms with Crippen molar-refractivity contribution < 1.29 is 68.0 Å². The molecule has 16 nitrogen and oxygen atoms in total. The first-order valence-corrected chi connectivity index (χ1v) is 16.5. The Kier molecular flexibility index (Phi) is 12.2.